The molecule has 10 heteroatoms. The molecule has 230 valence electrons. The van der Waals surface area contributed by atoms with E-state index in [-0.39, 0.29) is 29.4 Å². The summed E-state index contributed by atoms with van der Waals surface area (Å²) in [7, 11) is -3.02. The van der Waals surface area contributed by atoms with E-state index in [1.807, 2.05) is 59.8 Å². The average molecular weight is 607 g/mol. The van der Waals surface area contributed by atoms with E-state index in [9.17, 15) is 18.3 Å². The Morgan fingerprint density at radius 1 is 1.09 bits per heavy atom. The summed E-state index contributed by atoms with van der Waals surface area (Å²) in [6, 6.07) is 9.58. The highest BCUT2D eigenvalue weighted by molar-refractivity contribution is 7.90. The summed E-state index contributed by atoms with van der Waals surface area (Å²) in [6.07, 6.45) is 10.5. The number of carbonyl (C=O) groups is 1. The number of carbonyl (C=O) groups excluding carboxylic acids is 1. The summed E-state index contributed by atoms with van der Waals surface area (Å²) >= 11 is 0. The van der Waals surface area contributed by atoms with Crippen LogP contribution < -0.4 is 4.74 Å². The fourth-order valence-corrected chi connectivity index (χ4v) is 6.87. The molecule has 1 saturated heterocycles. The standard InChI is InChI=1S/C33H42N4O5S/c1-33(2,39)26-15-19-36(20-16-26)32(38)25-11-8-24(9-12-25)10-13-30-34-18-14-31(35-30)37-21-17-27-28(37)6-4-7-29(27)42-22-5-23-43(3,40)41/h4,6-7,14,17-18,21,24-26,39H,5,8-9,11-12,15-16,19-20,22-23H2,1-3H3. The Morgan fingerprint density at radius 2 is 1.84 bits per heavy atom. The van der Waals surface area contributed by atoms with Crippen molar-refractivity contribution in [3.05, 3.63) is 48.5 Å². The molecule has 0 radical (unpaired) electrons. The van der Waals surface area contributed by atoms with Gasteiger partial charge in [0.05, 0.1) is 23.5 Å². The van der Waals surface area contributed by atoms with Crippen LogP contribution in [-0.2, 0) is 14.6 Å². The molecule has 1 saturated carbocycles. The number of nitrogens with zero attached hydrogens (tertiary/aromatic N) is 4. The third-order valence-corrected chi connectivity index (χ3v) is 9.80. The lowest BCUT2D eigenvalue weighted by Gasteiger charge is -2.39. The van der Waals surface area contributed by atoms with E-state index in [0.717, 1.165) is 62.5 Å². The minimum Gasteiger partial charge on any atom is -0.493 e. The minimum atomic E-state index is -3.02. The van der Waals surface area contributed by atoms with Crippen LogP contribution in [0.3, 0.4) is 0 Å². The van der Waals surface area contributed by atoms with Crippen molar-refractivity contribution in [2.24, 2.45) is 17.8 Å². The molecule has 3 heterocycles. The van der Waals surface area contributed by atoms with Gasteiger partial charge in [-0.05, 0) is 94.9 Å². The summed E-state index contributed by atoms with van der Waals surface area (Å²) in [4.78, 5) is 24.2. The van der Waals surface area contributed by atoms with E-state index in [4.69, 9.17) is 9.72 Å². The van der Waals surface area contributed by atoms with E-state index in [0.29, 0.717) is 30.4 Å². The number of sulfone groups is 1. The number of hydrogen-bond donors (Lipinski definition) is 1. The van der Waals surface area contributed by atoms with Crippen LogP contribution in [0.15, 0.2) is 42.7 Å². The van der Waals surface area contributed by atoms with Crippen molar-refractivity contribution >= 4 is 26.6 Å². The molecule has 0 atom stereocenters. The number of likely N-dealkylation sites (tertiary alicyclic amines) is 1. The molecule has 1 aliphatic heterocycles. The molecule has 2 fully saturated rings. The smallest absolute Gasteiger partial charge is 0.225 e. The van der Waals surface area contributed by atoms with E-state index < -0.39 is 15.4 Å². The van der Waals surface area contributed by atoms with E-state index in [1.54, 1.807) is 6.20 Å². The van der Waals surface area contributed by atoms with Gasteiger partial charge in [-0.1, -0.05) is 12.0 Å². The first-order chi connectivity index (χ1) is 20.5. The molecule has 0 unspecified atom stereocenters. The van der Waals surface area contributed by atoms with Crippen LogP contribution in [0, 0.1) is 29.6 Å². The van der Waals surface area contributed by atoms with E-state index in [1.165, 1.54) is 6.26 Å². The molecule has 9 nitrogen and oxygen atoms in total. The molecule has 0 bridgehead atoms. The van der Waals surface area contributed by atoms with Gasteiger partial charge in [0.15, 0.2) is 0 Å². The zero-order valence-electron chi connectivity index (χ0n) is 25.3. The highest BCUT2D eigenvalue weighted by Crippen LogP contribution is 2.33. The quantitative estimate of drug-likeness (QED) is 0.299. The number of aromatic nitrogens is 3. The molecule has 3 aromatic rings. The molecule has 2 aliphatic rings. The number of rotatable bonds is 8. The number of piperidine rings is 1. The lowest BCUT2D eigenvalue weighted by atomic mass is 9.80. The van der Waals surface area contributed by atoms with Crippen molar-refractivity contribution in [1.29, 1.82) is 0 Å². The lowest BCUT2D eigenvalue weighted by Crippen LogP contribution is -2.46. The minimum absolute atomic E-state index is 0.0619. The summed E-state index contributed by atoms with van der Waals surface area (Å²) < 4.78 is 30.7. The van der Waals surface area contributed by atoms with Crippen molar-refractivity contribution in [2.45, 2.75) is 64.4 Å². The van der Waals surface area contributed by atoms with Crippen LogP contribution in [0.1, 0.15) is 64.6 Å². The number of hydrogen-bond acceptors (Lipinski definition) is 7. The fraction of sp³-hybridized carbons (Fsp3) is 0.545. The highest BCUT2D eigenvalue weighted by Gasteiger charge is 2.35. The molecule has 1 aromatic carbocycles. The first-order valence-corrected chi connectivity index (χ1v) is 17.3. The molecular weight excluding hydrogens is 564 g/mol. The van der Waals surface area contributed by atoms with Crippen molar-refractivity contribution in [3.63, 3.8) is 0 Å². The first-order valence-electron chi connectivity index (χ1n) is 15.2. The fourth-order valence-electron chi connectivity index (χ4n) is 6.23. The SMILES string of the molecule is CC(C)(O)C1CCN(C(=O)C2CCC(C#Cc3nccc(-n4ccc5c(OCCCS(C)(=O)=O)cccc54)n3)CC2)CC1. The summed E-state index contributed by atoms with van der Waals surface area (Å²) in [6.45, 7) is 5.52. The van der Waals surface area contributed by atoms with E-state index >= 15 is 0 Å². The molecule has 1 amide bonds. The summed E-state index contributed by atoms with van der Waals surface area (Å²) in [5.41, 5.74) is 0.235. The Balaban J connectivity index is 1.17. The maximum atomic E-state index is 13.1. The van der Waals surface area contributed by atoms with Crippen molar-refractivity contribution in [3.8, 4) is 23.4 Å². The number of aliphatic hydroxyl groups is 1. The zero-order chi connectivity index (χ0) is 30.6. The molecule has 5 rings (SSSR count). The van der Waals surface area contributed by atoms with Crippen LogP contribution in [0.2, 0.25) is 0 Å². The Labute approximate surface area is 254 Å². The predicted octanol–water partition coefficient (Wildman–Crippen LogP) is 4.40. The average Bonchev–Trinajstić information content (AvgIpc) is 3.43. The molecule has 43 heavy (non-hydrogen) atoms. The third-order valence-electron chi connectivity index (χ3n) is 8.77. The number of benzene rings is 1. The second-order valence-electron chi connectivity index (χ2n) is 12.5. The van der Waals surface area contributed by atoms with Crippen LogP contribution in [0.4, 0.5) is 0 Å². The molecular formula is C33H42N4O5S. The largest absolute Gasteiger partial charge is 0.493 e. The van der Waals surface area contributed by atoms with Gasteiger partial charge in [-0.2, -0.15) is 0 Å². The van der Waals surface area contributed by atoms with Gasteiger partial charge < -0.3 is 19.3 Å². The van der Waals surface area contributed by atoms with Gasteiger partial charge in [0.2, 0.25) is 11.7 Å². The number of ether oxygens (including phenoxy) is 1. The van der Waals surface area contributed by atoms with Gasteiger partial charge >= 0.3 is 0 Å². The number of amides is 1. The maximum Gasteiger partial charge on any atom is 0.225 e. The third kappa shape index (κ3) is 7.95. The maximum absolute atomic E-state index is 13.1. The molecule has 2 aromatic heterocycles. The summed E-state index contributed by atoms with van der Waals surface area (Å²) in [5, 5.41) is 11.2. The summed E-state index contributed by atoms with van der Waals surface area (Å²) in [5.74, 6) is 9.27. The zero-order valence-corrected chi connectivity index (χ0v) is 26.1. The van der Waals surface area contributed by atoms with Crippen LogP contribution in [-0.4, -0.2) is 76.2 Å². The Bertz CT molecular complexity index is 1600. The van der Waals surface area contributed by atoms with Crippen molar-refractivity contribution < 1.29 is 23.1 Å². The van der Waals surface area contributed by atoms with Crippen LogP contribution in [0.5, 0.6) is 5.75 Å². The Kier molecular flexibility index (Phi) is 9.42. The van der Waals surface area contributed by atoms with Crippen LogP contribution >= 0.6 is 0 Å². The second kappa shape index (κ2) is 13.1. The van der Waals surface area contributed by atoms with Crippen molar-refractivity contribution in [2.75, 3.05) is 31.7 Å². The monoisotopic (exact) mass is 606 g/mol. The van der Waals surface area contributed by atoms with Gasteiger partial charge in [0, 0.05) is 49.0 Å². The predicted molar refractivity (Wildman–Crippen MR) is 167 cm³/mol. The van der Waals surface area contributed by atoms with Gasteiger partial charge in [0.1, 0.15) is 21.4 Å². The highest BCUT2D eigenvalue weighted by atomic mass is 32.2. The van der Waals surface area contributed by atoms with Gasteiger partial charge in [-0.3, -0.25) is 4.79 Å². The normalized spacial score (nSPS) is 20.0. The molecule has 1 aliphatic carbocycles. The lowest BCUT2D eigenvalue weighted by molar-refractivity contribution is -0.139. The second-order valence-corrected chi connectivity index (χ2v) is 14.8. The Morgan fingerprint density at radius 3 is 2.53 bits per heavy atom. The van der Waals surface area contributed by atoms with Crippen LogP contribution in [0.25, 0.3) is 16.7 Å². The Hall–Kier alpha value is -3.42. The first kappa shape index (κ1) is 31.0. The van der Waals surface area contributed by atoms with Gasteiger partial charge in [0.25, 0.3) is 0 Å². The van der Waals surface area contributed by atoms with Gasteiger partial charge in [-0.15, -0.1) is 0 Å². The molecule has 0 spiro atoms. The topological polar surface area (TPSA) is 115 Å². The van der Waals surface area contributed by atoms with E-state index in [2.05, 4.69) is 16.8 Å². The number of fused-ring (bicyclic) bond motifs is 1. The van der Waals surface area contributed by atoms with Crippen molar-refractivity contribution in [1.82, 2.24) is 19.4 Å². The van der Waals surface area contributed by atoms with Gasteiger partial charge in [-0.25, -0.2) is 18.4 Å². The molecule has 1 N–H and O–H groups in total.